The topological polar surface area (TPSA) is 82.0 Å². The summed E-state index contributed by atoms with van der Waals surface area (Å²) in [7, 11) is -8.45. The number of sulfonamides is 1. The normalized spacial score (nSPS) is 14.0. The number of hydrogen-bond donors (Lipinski definition) is 0. The lowest BCUT2D eigenvalue weighted by atomic mass is 10.4. The maximum Gasteiger partial charge on any atom is 0.380 e. The molecule has 0 aliphatic carbocycles. The molecule has 0 amide bonds. The Morgan fingerprint density at radius 2 is 1.61 bits per heavy atom. The summed E-state index contributed by atoms with van der Waals surface area (Å²) in [5, 5.41) is 0. The van der Waals surface area contributed by atoms with E-state index in [1.807, 2.05) is 0 Å². The zero-order chi connectivity index (χ0) is 17.7. The molecule has 0 N–H and O–H groups in total. The van der Waals surface area contributed by atoms with Gasteiger partial charge in [0, 0.05) is 0 Å². The molecule has 23 heavy (non-hydrogen) atoms. The SMILES string of the molecule is CCOP(=O)(OCC)/C(=N/S(=O)(=O)c1ccccc1)C(Cl)(Cl)Cl. The van der Waals surface area contributed by atoms with E-state index in [1.165, 1.54) is 38.1 Å². The summed E-state index contributed by atoms with van der Waals surface area (Å²) in [5.41, 5.74) is -0.803. The van der Waals surface area contributed by atoms with Crippen molar-refractivity contribution in [3.05, 3.63) is 30.3 Å². The first-order chi connectivity index (χ1) is 10.6. The van der Waals surface area contributed by atoms with Crippen molar-refractivity contribution in [3.8, 4) is 0 Å². The summed E-state index contributed by atoms with van der Waals surface area (Å²) in [6.07, 6.45) is 0. The van der Waals surface area contributed by atoms with Gasteiger partial charge in [-0.2, -0.15) is 12.8 Å². The third-order valence-electron chi connectivity index (χ3n) is 2.36. The summed E-state index contributed by atoms with van der Waals surface area (Å²) in [4.78, 5) is -0.147. The van der Waals surface area contributed by atoms with Gasteiger partial charge in [-0.1, -0.05) is 53.0 Å². The van der Waals surface area contributed by atoms with Crippen LogP contribution in [0.15, 0.2) is 39.6 Å². The molecule has 0 saturated carbocycles. The molecule has 0 aliphatic heterocycles. The molecule has 6 nitrogen and oxygen atoms in total. The van der Waals surface area contributed by atoms with Crippen molar-refractivity contribution in [2.75, 3.05) is 13.2 Å². The Balaban J connectivity index is 3.51. The van der Waals surface area contributed by atoms with Crippen molar-refractivity contribution < 1.29 is 22.0 Å². The standard InChI is InChI=1S/C12H15Cl3NO5PS/c1-3-20-22(17,21-4-2)11(12(13,14)15)16-23(18,19)10-8-6-5-7-9-10/h5-9H,3-4H2,1-2H3/b16-11+. The number of alkyl halides is 3. The number of nitrogens with zero attached hydrogens (tertiary/aromatic N) is 1. The van der Waals surface area contributed by atoms with Gasteiger partial charge in [-0.3, -0.25) is 4.57 Å². The second kappa shape index (κ2) is 8.30. The molecule has 0 unspecified atom stereocenters. The van der Waals surface area contributed by atoms with Gasteiger partial charge < -0.3 is 9.05 Å². The molecule has 0 spiro atoms. The second-order valence-electron chi connectivity index (χ2n) is 4.03. The molecule has 0 atom stereocenters. The second-order valence-corrected chi connectivity index (χ2v) is 9.85. The van der Waals surface area contributed by atoms with Gasteiger partial charge in [-0.05, 0) is 26.0 Å². The summed E-state index contributed by atoms with van der Waals surface area (Å²) in [5.74, 6) is 0. The molecule has 0 fully saturated rings. The average molecular weight is 423 g/mol. The van der Waals surface area contributed by atoms with Gasteiger partial charge in [0.25, 0.3) is 10.0 Å². The van der Waals surface area contributed by atoms with Crippen molar-refractivity contribution in [2.45, 2.75) is 22.5 Å². The van der Waals surface area contributed by atoms with Crippen LogP contribution in [0.2, 0.25) is 0 Å². The Morgan fingerprint density at radius 1 is 1.13 bits per heavy atom. The average Bonchev–Trinajstić information content (AvgIpc) is 2.45. The van der Waals surface area contributed by atoms with E-state index in [0.29, 0.717) is 0 Å². The van der Waals surface area contributed by atoms with Crippen LogP contribution in [0, 0.1) is 0 Å². The Bertz CT molecular complexity index is 693. The van der Waals surface area contributed by atoms with E-state index < -0.39 is 26.9 Å². The van der Waals surface area contributed by atoms with Crippen LogP contribution < -0.4 is 0 Å². The molecule has 0 saturated heterocycles. The minimum Gasteiger partial charge on any atom is -0.305 e. The predicted octanol–water partition coefficient (Wildman–Crippen LogP) is 4.41. The lowest BCUT2D eigenvalue weighted by Gasteiger charge is -2.22. The monoisotopic (exact) mass is 421 g/mol. The van der Waals surface area contributed by atoms with Crippen molar-refractivity contribution in [1.82, 2.24) is 0 Å². The van der Waals surface area contributed by atoms with Crippen LogP contribution in [0.3, 0.4) is 0 Å². The Hall–Kier alpha value is -0.140. The van der Waals surface area contributed by atoms with Crippen LogP contribution in [0.1, 0.15) is 13.8 Å². The van der Waals surface area contributed by atoms with Crippen molar-refractivity contribution >= 4 is 57.9 Å². The van der Waals surface area contributed by atoms with Crippen LogP contribution in [0.25, 0.3) is 0 Å². The maximum atomic E-state index is 12.8. The third-order valence-corrected chi connectivity index (χ3v) is 6.87. The lowest BCUT2D eigenvalue weighted by Crippen LogP contribution is -2.23. The fourth-order valence-electron chi connectivity index (χ4n) is 1.52. The van der Waals surface area contributed by atoms with Crippen LogP contribution >= 0.6 is 42.4 Å². The van der Waals surface area contributed by atoms with Gasteiger partial charge in [-0.15, -0.1) is 0 Å². The molecule has 1 aromatic rings. The Labute approximate surface area is 150 Å². The van der Waals surface area contributed by atoms with E-state index >= 15 is 0 Å². The summed E-state index contributed by atoms with van der Waals surface area (Å²) >= 11 is 17.3. The maximum absolute atomic E-state index is 12.8. The first kappa shape index (κ1) is 20.9. The van der Waals surface area contributed by atoms with Gasteiger partial charge in [0.1, 0.15) is 0 Å². The molecular weight excluding hydrogens is 408 g/mol. The molecule has 0 bridgehead atoms. The molecule has 1 aromatic carbocycles. The van der Waals surface area contributed by atoms with Crippen LogP contribution in [0.5, 0.6) is 0 Å². The Kier molecular flexibility index (Phi) is 7.54. The lowest BCUT2D eigenvalue weighted by molar-refractivity contribution is 0.232. The fourth-order valence-corrected chi connectivity index (χ4v) is 5.73. The van der Waals surface area contributed by atoms with Gasteiger partial charge >= 0.3 is 7.60 Å². The number of halogens is 3. The van der Waals surface area contributed by atoms with Crippen molar-refractivity contribution in [2.24, 2.45) is 4.40 Å². The molecule has 0 heterocycles. The van der Waals surface area contributed by atoms with Gasteiger partial charge in [0.2, 0.25) is 3.79 Å². The first-order valence-corrected chi connectivity index (χ1v) is 10.6. The zero-order valence-electron chi connectivity index (χ0n) is 12.3. The first-order valence-electron chi connectivity index (χ1n) is 6.43. The number of benzene rings is 1. The van der Waals surface area contributed by atoms with E-state index in [9.17, 15) is 13.0 Å². The highest BCUT2D eigenvalue weighted by Gasteiger charge is 2.46. The van der Waals surface area contributed by atoms with E-state index in [1.54, 1.807) is 6.07 Å². The molecule has 11 heteroatoms. The van der Waals surface area contributed by atoms with E-state index in [-0.39, 0.29) is 18.1 Å². The Morgan fingerprint density at radius 3 is 2.00 bits per heavy atom. The zero-order valence-corrected chi connectivity index (χ0v) is 16.3. The third kappa shape index (κ3) is 5.71. The molecule has 1 rings (SSSR count). The summed E-state index contributed by atoms with van der Waals surface area (Å²) in [6.45, 7) is 2.96. The van der Waals surface area contributed by atoms with Gasteiger partial charge in [0.15, 0.2) is 5.45 Å². The number of hydrogen-bond acceptors (Lipinski definition) is 5. The summed E-state index contributed by atoms with van der Waals surface area (Å²) in [6, 6.07) is 7.25. The highest BCUT2D eigenvalue weighted by molar-refractivity contribution is 7.91. The predicted molar refractivity (Wildman–Crippen MR) is 92.2 cm³/mol. The van der Waals surface area contributed by atoms with Crippen LogP contribution in [0.4, 0.5) is 0 Å². The molecule has 130 valence electrons. The highest BCUT2D eigenvalue weighted by Crippen LogP contribution is 2.56. The molecule has 0 aliphatic rings. The summed E-state index contributed by atoms with van der Waals surface area (Å²) < 4.78 is 48.6. The minimum absolute atomic E-state index is 0.0531. The van der Waals surface area contributed by atoms with E-state index in [2.05, 4.69) is 4.40 Å². The van der Waals surface area contributed by atoms with Crippen molar-refractivity contribution in [1.29, 1.82) is 0 Å². The number of rotatable bonds is 7. The highest BCUT2D eigenvalue weighted by atomic mass is 35.6. The minimum atomic E-state index is -4.26. The van der Waals surface area contributed by atoms with Crippen LogP contribution in [-0.4, -0.2) is 30.9 Å². The smallest absolute Gasteiger partial charge is 0.305 e. The van der Waals surface area contributed by atoms with Gasteiger partial charge in [0.05, 0.1) is 18.1 Å². The largest absolute Gasteiger partial charge is 0.380 e. The quantitative estimate of drug-likeness (QED) is 0.369. The fraction of sp³-hybridized carbons (Fsp3) is 0.417. The molecule has 0 radical (unpaired) electrons. The van der Waals surface area contributed by atoms with E-state index in [4.69, 9.17) is 43.9 Å². The molecule has 0 aromatic heterocycles. The van der Waals surface area contributed by atoms with Crippen LogP contribution in [-0.2, 0) is 23.6 Å². The van der Waals surface area contributed by atoms with Gasteiger partial charge in [-0.25, -0.2) is 0 Å². The van der Waals surface area contributed by atoms with E-state index in [0.717, 1.165) is 0 Å². The molecular formula is C12H15Cl3NO5PS. The van der Waals surface area contributed by atoms with Crippen molar-refractivity contribution in [3.63, 3.8) is 0 Å².